The molecule has 1 fully saturated rings. The van der Waals surface area contributed by atoms with E-state index in [2.05, 4.69) is 10.6 Å². The molecular weight excluding hydrogens is 210 g/mol. The maximum Gasteiger partial charge on any atom is 0.319 e. The van der Waals surface area contributed by atoms with Crippen LogP contribution in [0.5, 0.6) is 0 Å². The summed E-state index contributed by atoms with van der Waals surface area (Å²) in [5.41, 5.74) is 0. The minimum atomic E-state index is -0.440. The number of nitrogens with one attached hydrogen (secondary N) is 2. The van der Waals surface area contributed by atoms with Gasteiger partial charge in [0.2, 0.25) is 5.91 Å². The van der Waals surface area contributed by atoms with Gasteiger partial charge < -0.3 is 10.1 Å². The zero-order chi connectivity index (χ0) is 12.0. The first kappa shape index (κ1) is 12.5. The molecule has 0 aromatic heterocycles. The summed E-state index contributed by atoms with van der Waals surface area (Å²) in [4.78, 5) is 22.2. The molecule has 1 aliphatic heterocycles. The number of rotatable bonds is 6. The van der Waals surface area contributed by atoms with Crippen molar-refractivity contribution >= 4 is 11.9 Å². The van der Waals surface area contributed by atoms with Crippen LogP contribution in [0.2, 0.25) is 0 Å². The van der Waals surface area contributed by atoms with E-state index in [9.17, 15) is 9.59 Å². The van der Waals surface area contributed by atoms with Gasteiger partial charge in [0.05, 0.1) is 25.1 Å². The molecule has 6 heteroatoms. The molecule has 1 amide bonds. The van der Waals surface area contributed by atoms with E-state index in [1.165, 1.54) is 0 Å². The number of carbonyl (C=O) groups is 2. The SMILES string of the molecule is CCC1NC(=O)C1NCC(=O)OCCC#N. The average Bonchev–Trinajstić information content (AvgIpc) is 2.26. The van der Waals surface area contributed by atoms with Crippen LogP contribution < -0.4 is 10.6 Å². The third-order valence-electron chi connectivity index (χ3n) is 2.40. The maximum atomic E-state index is 11.1. The molecule has 16 heavy (non-hydrogen) atoms. The zero-order valence-electron chi connectivity index (χ0n) is 9.16. The average molecular weight is 225 g/mol. The largest absolute Gasteiger partial charge is 0.464 e. The van der Waals surface area contributed by atoms with Gasteiger partial charge in [-0.2, -0.15) is 5.26 Å². The van der Waals surface area contributed by atoms with E-state index in [0.717, 1.165) is 6.42 Å². The van der Waals surface area contributed by atoms with Gasteiger partial charge in [0, 0.05) is 0 Å². The highest BCUT2D eigenvalue weighted by Crippen LogP contribution is 2.08. The first-order valence-electron chi connectivity index (χ1n) is 5.25. The predicted molar refractivity (Wildman–Crippen MR) is 55.2 cm³/mol. The number of carbonyl (C=O) groups excluding carboxylic acids is 2. The Morgan fingerprint density at radius 1 is 1.69 bits per heavy atom. The summed E-state index contributed by atoms with van der Waals surface area (Å²) in [6.07, 6.45) is 1.01. The van der Waals surface area contributed by atoms with E-state index in [-0.39, 0.29) is 37.6 Å². The molecule has 1 heterocycles. The number of nitrogens with zero attached hydrogens (tertiary/aromatic N) is 1. The zero-order valence-corrected chi connectivity index (χ0v) is 9.16. The number of hydrogen-bond acceptors (Lipinski definition) is 5. The standard InChI is InChI=1S/C10H15N3O3/c1-2-7-9(10(15)13-7)12-6-8(14)16-5-3-4-11/h7,9,12H,2-3,5-6H2,1H3,(H,13,15). The van der Waals surface area contributed by atoms with Crippen LogP contribution in [-0.2, 0) is 14.3 Å². The summed E-state index contributed by atoms with van der Waals surface area (Å²) in [5, 5.41) is 13.8. The van der Waals surface area contributed by atoms with Gasteiger partial charge in [0.1, 0.15) is 12.6 Å². The summed E-state index contributed by atoms with van der Waals surface area (Å²) < 4.78 is 4.75. The van der Waals surface area contributed by atoms with E-state index >= 15 is 0 Å². The topological polar surface area (TPSA) is 91.2 Å². The van der Waals surface area contributed by atoms with Gasteiger partial charge in [-0.1, -0.05) is 6.92 Å². The van der Waals surface area contributed by atoms with Gasteiger partial charge >= 0.3 is 5.97 Å². The molecule has 6 nitrogen and oxygen atoms in total. The Balaban J connectivity index is 2.16. The fraction of sp³-hybridized carbons (Fsp3) is 0.700. The summed E-state index contributed by atoms with van der Waals surface area (Å²) in [6.45, 7) is 2.06. The second-order valence-electron chi connectivity index (χ2n) is 3.51. The summed E-state index contributed by atoms with van der Waals surface area (Å²) in [7, 11) is 0. The van der Waals surface area contributed by atoms with Crippen molar-refractivity contribution in [1.82, 2.24) is 10.6 Å². The summed E-state index contributed by atoms with van der Waals surface area (Å²) in [5.74, 6) is -0.526. The van der Waals surface area contributed by atoms with Crippen molar-refractivity contribution in [2.24, 2.45) is 0 Å². The van der Waals surface area contributed by atoms with E-state index in [1.54, 1.807) is 0 Å². The minimum Gasteiger partial charge on any atom is -0.464 e. The molecule has 0 aromatic carbocycles. The van der Waals surface area contributed by atoms with Gasteiger partial charge in [-0.05, 0) is 6.42 Å². The number of β-lactam (4-membered cyclic amide) rings is 1. The lowest BCUT2D eigenvalue weighted by molar-refractivity contribution is -0.143. The second-order valence-corrected chi connectivity index (χ2v) is 3.51. The molecule has 1 rings (SSSR count). The first-order chi connectivity index (χ1) is 7.69. The molecule has 0 aromatic rings. The van der Waals surface area contributed by atoms with Gasteiger partial charge in [0.25, 0.3) is 0 Å². The Bertz CT molecular complexity index is 311. The van der Waals surface area contributed by atoms with Crippen LogP contribution >= 0.6 is 0 Å². The Hall–Kier alpha value is -1.61. The monoisotopic (exact) mass is 225 g/mol. The van der Waals surface area contributed by atoms with Crippen LogP contribution in [0.15, 0.2) is 0 Å². The van der Waals surface area contributed by atoms with Crippen LogP contribution in [0.4, 0.5) is 0 Å². The predicted octanol–water partition coefficient (Wildman–Crippen LogP) is -0.690. The lowest BCUT2D eigenvalue weighted by Crippen LogP contribution is -2.68. The van der Waals surface area contributed by atoms with Crippen molar-refractivity contribution in [3.63, 3.8) is 0 Å². The van der Waals surface area contributed by atoms with Gasteiger partial charge in [-0.15, -0.1) is 0 Å². The molecule has 0 saturated carbocycles. The number of esters is 1. The normalized spacial score (nSPS) is 22.9. The van der Waals surface area contributed by atoms with Gasteiger partial charge in [-0.3, -0.25) is 14.9 Å². The van der Waals surface area contributed by atoms with Gasteiger partial charge in [-0.25, -0.2) is 0 Å². The lowest BCUT2D eigenvalue weighted by Gasteiger charge is -2.36. The van der Waals surface area contributed by atoms with Crippen molar-refractivity contribution in [2.45, 2.75) is 31.8 Å². The highest BCUT2D eigenvalue weighted by molar-refractivity contribution is 5.89. The van der Waals surface area contributed by atoms with Gasteiger partial charge in [0.15, 0.2) is 0 Å². The molecule has 2 atom stereocenters. The minimum absolute atomic E-state index is 0.0000151. The number of amides is 1. The van der Waals surface area contributed by atoms with Crippen molar-refractivity contribution in [1.29, 1.82) is 5.26 Å². The molecule has 0 spiro atoms. The fourth-order valence-corrected chi connectivity index (χ4v) is 1.47. The molecule has 2 N–H and O–H groups in total. The quantitative estimate of drug-likeness (QED) is 0.354. The molecule has 0 bridgehead atoms. The molecule has 2 unspecified atom stereocenters. The lowest BCUT2D eigenvalue weighted by atomic mass is 9.97. The number of ether oxygens (including phenoxy) is 1. The fourth-order valence-electron chi connectivity index (χ4n) is 1.47. The Kier molecular flexibility index (Phi) is 4.73. The highest BCUT2D eigenvalue weighted by Gasteiger charge is 2.37. The van der Waals surface area contributed by atoms with E-state index in [0.29, 0.717) is 0 Å². The summed E-state index contributed by atoms with van der Waals surface area (Å²) in [6, 6.07) is 1.67. The molecule has 1 saturated heterocycles. The molecular formula is C10H15N3O3. The van der Waals surface area contributed by atoms with Crippen molar-refractivity contribution in [2.75, 3.05) is 13.2 Å². The molecule has 0 radical (unpaired) electrons. The van der Waals surface area contributed by atoms with Crippen LogP contribution in [0.3, 0.4) is 0 Å². The van der Waals surface area contributed by atoms with Crippen LogP contribution in [0.1, 0.15) is 19.8 Å². The number of hydrogen-bond donors (Lipinski definition) is 2. The van der Waals surface area contributed by atoms with Crippen molar-refractivity contribution in [3.8, 4) is 6.07 Å². The van der Waals surface area contributed by atoms with Crippen molar-refractivity contribution < 1.29 is 14.3 Å². The first-order valence-corrected chi connectivity index (χ1v) is 5.25. The Labute approximate surface area is 93.9 Å². The molecule has 88 valence electrons. The maximum absolute atomic E-state index is 11.1. The second kappa shape index (κ2) is 6.08. The number of nitriles is 1. The van der Waals surface area contributed by atoms with Crippen LogP contribution in [0, 0.1) is 11.3 Å². The van der Waals surface area contributed by atoms with Crippen LogP contribution in [0.25, 0.3) is 0 Å². The highest BCUT2D eigenvalue weighted by atomic mass is 16.5. The third-order valence-corrected chi connectivity index (χ3v) is 2.40. The molecule has 0 aliphatic carbocycles. The smallest absolute Gasteiger partial charge is 0.319 e. The van der Waals surface area contributed by atoms with Crippen LogP contribution in [-0.4, -0.2) is 37.1 Å². The third kappa shape index (κ3) is 3.21. The molecule has 1 aliphatic rings. The van der Waals surface area contributed by atoms with Crippen molar-refractivity contribution in [3.05, 3.63) is 0 Å². The Morgan fingerprint density at radius 2 is 2.44 bits per heavy atom. The van der Waals surface area contributed by atoms with E-state index < -0.39 is 5.97 Å². The van der Waals surface area contributed by atoms with E-state index in [1.807, 2.05) is 13.0 Å². The summed E-state index contributed by atoms with van der Waals surface area (Å²) >= 11 is 0. The van der Waals surface area contributed by atoms with E-state index in [4.69, 9.17) is 10.00 Å². The Morgan fingerprint density at radius 3 is 3.00 bits per heavy atom.